The fourth-order valence-corrected chi connectivity index (χ4v) is 8.61. The average Bonchev–Trinajstić information content (AvgIpc) is 2.92. The van der Waals surface area contributed by atoms with E-state index in [0.29, 0.717) is 5.76 Å². The van der Waals surface area contributed by atoms with Crippen molar-refractivity contribution in [2.24, 2.45) is 0 Å². The summed E-state index contributed by atoms with van der Waals surface area (Å²) in [6, 6.07) is 40.4. The lowest BCUT2D eigenvalue weighted by atomic mass is 10.1. The molecule has 0 aliphatic heterocycles. The number of hydrogen-bond donors (Lipinski definition) is 0. The number of carbonyl (C=O) groups excluding carboxylic acids is 1. The van der Waals surface area contributed by atoms with Crippen LogP contribution in [0.25, 0.3) is 5.76 Å². The molecule has 0 atom stereocenters. The molecule has 0 aromatic heterocycles. The lowest BCUT2D eigenvalue weighted by molar-refractivity contribution is -0.134. The monoisotopic (exact) mass is 546 g/mol. The topological polar surface area (TPSA) is 35.5 Å². The van der Waals surface area contributed by atoms with E-state index in [4.69, 9.17) is 9.47 Å². The molecule has 4 rings (SSSR count). The van der Waals surface area contributed by atoms with Crippen molar-refractivity contribution in [2.75, 3.05) is 14.2 Å². The third-order valence-electron chi connectivity index (χ3n) is 5.95. The van der Waals surface area contributed by atoms with Crippen LogP contribution < -0.4 is 32.9 Å². The third-order valence-corrected chi connectivity index (χ3v) is 10.3. The molecular formula is C30H28BrO3P. The van der Waals surface area contributed by atoms with Gasteiger partial charge in [-0.05, 0) is 36.4 Å². The van der Waals surface area contributed by atoms with Gasteiger partial charge in [0.2, 0.25) is 0 Å². The molecule has 0 unspecified atom stereocenters. The Bertz CT molecular complexity index is 1160. The summed E-state index contributed by atoms with van der Waals surface area (Å²) in [6.07, 6.45) is 2.19. The number of hydrogen-bond acceptors (Lipinski definition) is 3. The first kappa shape index (κ1) is 26.4. The second-order valence-corrected chi connectivity index (χ2v) is 11.4. The number of esters is 1. The van der Waals surface area contributed by atoms with Gasteiger partial charge in [0.05, 0.1) is 26.5 Å². The van der Waals surface area contributed by atoms with Gasteiger partial charge < -0.3 is 26.5 Å². The summed E-state index contributed by atoms with van der Waals surface area (Å²) < 4.78 is 10.5. The first-order valence-corrected chi connectivity index (χ1v) is 13.1. The summed E-state index contributed by atoms with van der Waals surface area (Å²) in [4.78, 5) is 12.0. The van der Waals surface area contributed by atoms with Crippen LogP contribution in [0.4, 0.5) is 0 Å². The number of carbonyl (C=O) groups is 1. The van der Waals surface area contributed by atoms with Crippen LogP contribution in [0, 0.1) is 0 Å². The van der Waals surface area contributed by atoms with Gasteiger partial charge in [0, 0.05) is 11.1 Å². The molecule has 35 heavy (non-hydrogen) atoms. The fraction of sp³-hybridized carbons (Fsp3) is 0.100. The SMILES string of the molecule is COC(=O)C=C(OC)c1ccccc1C[P+](c1ccccc1)(c1ccccc1)c1ccccc1.[Br-]. The van der Waals surface area contributed by atoms with Crippen molar-refractivity contribution in [1.82, 2.24) is 0 Å². The first-order valence-electron chi connectivity index (χ1n) is 11.2. The predicted octanol–water partition coefficient (Wildman–Crippen LogP) is 2.34. The van der Waals surface area contributed by atoms with E-state index < -0.39 is 13.2 Å². The number of ether oxygens (including phenoxy) is 2. The Morgan fingerprint density at radius 1 is 0.657 bits per heavy atom. The van der Waals surface area contributed by atoms with Gasteiger partial charge in [-0.3, -0.25) is 0 Å². The molecule has 0 bridgehead atoms. The minimum Gasteiger partial charge on any atom is -1.00 e. The molecule has 0 aliphatic rings. The van der Waals surface area contributed by atoms with Gasteiger partial charge in [-0.1, -0.05) is 78.9 Å². The van der Waals surface area contributed by atoms with Gasteiger partial charge in [-0.15, -0.1) is 0 Å². The fourth-order valence-electron chi connectivity index (χ4n) is 4.34. The first-order chi connectivity index (χ1) is 16.7. The summed E-state index contributed by atoms with van der Waals surface area (Å²) in [5.41, 5.74) is 2.01. The third kappa shape index (κ3) is 5.73. The molecule has 4 aromatic carbocycles. The quantitative estimate of drug-likeness (QED) is 0.147. The Morgan fingerprint density at radius 2 is 1.09 bits per heavy atom. The zero-order valence-corrected chi connectivity index (χ0v) is 22.3. The molecule has 5 heteroatoms. The van der Waals surface area contributed by atoms with Crippen molar-refractivity contribution >= 4 is 34.9 Å². The van der Waals surface area contributed by atoms with Gasteiger partial charge in [0.15, 0.2) is 0 Å². The van der Waals surface area contributed by atoms with Crippen molar-refractivity contribution in [3.8, 4) is 0 Å². The van der Waals surface area contributed by atoms with E-state index in [9.17, 15) is 4.79 Å². The summed E-state index contributed by atoms with van der Waals surface area (Å²) in [5, 5.41) is 3.91. The largest absolute Gasteiger partial charge is 1.00 e. The molecule has 0 radical (unpaired) electrons. The molecule has 0 spiro atoms. The van der Waals surface area contributed by atoms with E-state index in [-0.39, 0.29) is 17.0 Å². The van der Waals surface area contributed by atoms with E-state index in [1.54, 1.807) is 7.11 Å². The smallest absolute Gasteiger partial charge is 0.334 e. The number of rotatable bonds is 8. The maximum atomic E-state index is 12.0. The van der Waals surface area contributed by atoms with Crippen molar-refractivity contribution in [3.05, 3.63) is 132 Å². The molecule has 0 aliphatic carbocycles. The molecule has 3 nitrogen and oxygen atoms in total. The minimum absolute atomic E-state index is 0. The highest BCUT2D eigenvalue weighted by atomic mass is 79.9. The highest BCUT2D eigenvalue weighted by Crippen LogP contribution is 2.58. The second-order valence-electron chi connectivity index (χ2n) is 7.87. The Balaban J connectivity index is 0.00000342. The number of benzene rings is 4. The molecule has 4 aromatic rings. The average molecular weight is 547 g/mol. The van der Waals surface area contributed by atoms with E-state index in [0.717, 1.165) is 17.3 Å². The van der Waals surface area contributed by atoms with Gasteiger partial charge >= 0.3 is 5.97 Å². The Morgan fingerprint density at radius 3 is 1.51 bits per heavy atom. The van der Waals surface area contributed by atoms with E-state index in [1.165, 1.54) is 29.1 Å². The molecule has 0 fully saturated rings. The predicted molar refractivity (Wildman–Crippen MR) is 142 cm³/mol. The lowest BCUT2D eigenvalue weighted by Crippen LogP contribution is -3.00. The Hall–Kier alpha value is -3.20. The van der Waals surface area contributed by atoms with Crippen molar-refractivity contribution in [2.45, 2.75) is 6.16 Å². The summed E-state index contributed by atoms with van der Waals surface area (Å²) in [6.45, 7) is 0. The highest BCUT2D eigenvalue weighted by molar-refractivity contribution is 7.95. The van der Waals surface area contributed by atoms with Crippen LogP contribution in [0.3, 0.4) is 0 Å². The number of halogens is 1. The van der Waals surface area contributed by atoms with Crippen LogP contribution in [0.2, 0.25) is 0 Å². The van der Waals surface area contributed by atoms with Crippen molar-refractivity contribution in [3.63, 3.8) is 0 Å². The molecule has 0 saturated carbocycles. The van der Waals surface area contributed by atoms with Crippen LogP contribution in [-0.2, 0) is 20.4 Å². The van der Waals surface area contributed by atoms with Gasteiger partial charge in [-0.25, -0.2) is 4.79 Å². The molecule has 178 valence electrons. The zero-order chi connectivity index (χ0) is 23.8. The summed E-state index contributed by atoms with van der Waals surface area (Å²) >= 11 is 0. The lowest BCUT2D eigenvalue weighted by Gasteiger charge is -2.28. The second kappa shape index (κ2) is 12.5. The van der Waals surface area contributed by atoms with Gasteiger partial charge in [0.25, 0.3) is 0 Å². The number of methoxy groups -OCH3 is 2. The molecule has 0 saturated heterocycles. The molecular weight excluding hydrogens is 519 g/mol. The van der Waals surface area contributed by atoms with Crippen LogP contribution in [0.5, 0.6) is 0 Å². The van der Waals surface area contributed by atoms with Crippen LogP contribution in [-0.4, -0.2) is 20.2 Å². The molecule has 0 N–H and O–H groups in total. The van der Waals surface area contributed by atoms with Gasteiger partial charge in [0.1, 0.15) is 28.9 Å². The van der Waals surface area contributed by atoms with E-state index in [2.05, 4.69) is 97.1 Å². The van der Waals surface area contributed by atoms with Crippen LogP contribution in [0.1, 0.15) is 11.1 Å². The van der Waals surface area contributed by atoms with Crippen LogP contribution >= 0.6 is 7.26 Å². The van der Waals surface area contributed by atoms with Gasteiger partial charge in [-0.2, -0.15) is 0 Å². The zero-order valence-electron chi connectivity index (χ0n) is 19.8. The maximum absolute atomic E-state index is 12.0. The maximum Gasteiger partial charge on any atom is 0.334 e. The minimum atomic E-state index is -2.09. The van der Waals surface area contributed by atoms with E-state index in [1.807, 2.05) is 18.2 Å². The molecule has 0 heterocycles. The van der Waals surface area contributed by atoms with Crippen molar-refractivity contribution in [1.29, 1.82) is 0 Å². The normalized spacial score (nSPS) is 11.3. The Kier molecular flexibility index (Phi) is 9.42. The summed E-state index contributed by atoms with van der Waals surface area (Å²) in [5.74, 6) is 0.0524. The van der Waals surface area contributed by atoms with Crippen molar-refractivity contribution < 1.29 is 31.2 Å². The van der Waals surface area contributed by atoms with E-state index >= 15 is 0 Å². The Labute approximate surface area is 218 Å². The standard InChI is InChI=1S/C30H28O3P.BrH/c1-32-29(22-30(31)33-2)28-21-13-12-14-24(28)23-34(25-15-6-3-7-16-25,26-17-8-4-9-18-26)27-19-10-5-11-20-27;/h3-22H,23H2,1-2H3;1H/q+1;/p-1. The van der Waals surface area contributed by atoms with Crippen LogP contribution in [0.15, 0.2) is 121 Å². The summed E-state index contributed by atoms with van der Waals surface area (Å²) in [7, 11) is 0.860. The highest BCUT2D eigenvalue weighted by Gasteiger charge is 2.45. The molecule has 0 amide bonds.